The Morgan fingerprint density at radius 1 is 1.04 bits per heavy atom. The number of hydrogen-bond donors (Lipinski definition) is 3. The van der Waals surface area contributed by atoms with Gasteiger partial charge in [0.1, 0.15) is 5.82 Å². The van der Waals surface area contributed by atoms with Crippen LogP contribution in [-0.4, -0.2) is 24.7 Å². The van der Waals surface area contributed by atoms with E-state index in [4.69, 9.17) is 11.5 Å². The van der Waals surface area contributed by atoms with Gasteiger partial charge in [-0.05, 0) is 24.3 Å². The summed E-state index contributed by atoms with van der Waals surface area (Å²) in [6.07, 6.45) is 0. The maximum atomic E-state index is 14.0. The Morgan fingerprint density at radius 3 is 2.36 bits per heavy atom. The summed E-state index contributed by atoms with van der Waals surface area (Å²) >= 11 is 0. The third kappa shape index (κ3) is 2.80. The lowest BCUT2D eigenvalue weighted by Crippen LogP contribution is -2.11. The first-order chi connectivity index (χ1) is 13.5. The predicted octanol–water partition coefficient (Wildman–Crippen LogP) is 2.77. The zero-order chi connectivity index (χ0) is 19.8. The van der Waals surface area contributed by atoms with E-state index in [0.717, 1.165) is 0 Å². The number of nitro groups is 1. The van der Waals surface area contributed by atoms with E-state index in [2.05, 4.69) is 20.4 Å². The Balaban J connectivity index is 1.88. The Labute approximate surface area is 156 Å². The molecular weight excluding hydrogens is 367 g/mol. The quantitative estimate of drug-likeness (QED) is 0.361. The number of benzene rings is 2. The van der Waals surface area contributed by atoms with Crippen molar-refractivity contribution in [2.24, 2.45) is 0 Å². The van der Waals surface area contributed by atoms with Crippen LogP contribution in [0.4, 0.5) is 33.2 Å². The van der Waals surface area contributed by atoms with E-state index in [0.29, 0.717) is 16.7 Å². The van der Waals surface area contributed by atoms with Crippen LogP contribution >= 0.6 is 0 Å². The van der Waals surface area contributed by atoms with Crippen LogP contribution in [0.3, 0.4) is 0 Å². The number of rotatable bonds is 4. The highest BCUT2D eigenvalue weighted by molar-refractivity contribution is 5.92. The molecule has 0 aliphatic carbocycles. The smallest absolute Gasteiger partial charge is 0.352 e. The number of para-hydroxylation sites is 2. The lowest BCUT2D eigenvalue weighted by Gasteiger charge is -2.05. The van der Waals surface area contributed by atoms with Crippen LogP contribution in [0.5, 0.6) is 0 Å². The molecule has 140 valence electrons. The molecule has 0 amide bonds. The van der Waals surface area contributed by atoms with Gasteiger partial charge in [-0.3, -0.25) is 10.1 Å². The van der Waals surface area contributed by atoms with E-state index >= 15 is 0 Å². The highest BCUT2D eigenvalue weighted by Gasteiger charge is 2.23. The van der Waals surface area contributed by atoms with Gasteiger partial charge in [0.15, 0.2) is 5.82 Å². The fourth-order valence-corrected chi connectivity index (χ4v) is 2.76. The topological polar surface area (TPSA) is 151 Å². The third-order valence-electron chi connectivity index (χ3n) is 4.01. The molecule has 2 aromatic heterocycles. The van der Waals surface area contributed by atoms with E-state index in [1.54, 1.807) is 42.5 Å². The summed E-state index contributed by atoms with van der Waals surface area (Å²) in [5.41, 5.74) is 11.6. The lowest BCUT2D eigenvalue weighted by molar-refractivity contribution is -0.383. The maximum Gasteiger partial charge on any atom is 0.352 e. The average Bonchev–Trinajstić information content (AvgIpc) is 3.01. The molecule has 0 unspecified atom stereocenters. The van der Waals surface area contributed by atoms with Crippen LogP contribution in [0.15, 0.2) is 48.5 Å². The molecule has 0 atom stereocenters. The van der Waals surface area contributed by atoms with Crippen LogP contribution in [0, 0.1) is 15.9 Å². The summed E-state index contributed by atoms with van der Waals surface area (Å²) in [4.78, 5) is 18.2. The highest BCUT2D eigenvalue weighted by Crippen LogP contribution is 2.30. The van der Waals surface area contributed by atoms with Gasteiger partial charge in [-0.15, -0.1) is 5.10 Å². The van der Waals surface area contributed by atoms with Crippen molar-refractivity contribution in [3.8, 4) is 5.95 Å². The summed E-state index contributed by atoms with van der Waals surface area (Å²) < 4.78 is 15.3. The molecule has 0 saturated heterocycles. The zero-order valence-electron chi connectivity index (χ0n) is 14.2. The Hall–Kier alpha value is -4.28. The minimum absolute atomic E-state index is 0.0432. The van der Waals surface area contributed by atoms with E-state index < -0.39 is 16.4 Å². The van der Waals surface area contributed by atoms with Gasteiger partial charge in [0.2, 0.25) is 11.6 Å². The van der Waals surface area contributed by atoms with Crippen molar-refractivity contribution < 1.29 is 9.31 Å². The monoisotopic (exact) mass is 380 g/mol. The molecule has 4 rings (SSSR count). The Kier molecular flexibility index (Phi) is 3.96. The van der Waals surface area contributed by atoms with E-state index in [1.807, 2.05) is 0 Å². The van der Waals surface area contributed by atoms with Crippen molar-refractivity contribution in [3.05, 3.63) is 64.5 Å². The van der Waals surface area contributed by atoms with Gasteiger partial charge in [0.25, 0.3) is 5.95 Å². The molecule has 0 fully saturated rings. The normalized spacial score (nSPS) is 10.9. The number of anilines is 4. The molecule has 4 aromatic rings. The third-order valence-corrected chi connectivity index (χ3v) is 4.01. The zero-order valence-corrected chi connectivity index (χ0v) is 14.2. The van der Waals surface area contributed by atoms with Crippen molar-refractivity contribution >= 4 is 39.7 Å². The van der Waals surface area contributed by atoms with Gasteiger partial charge in [-0.25, -0.2) is 4.39 Å². The van der Waals surface area contributed by atoms with Gasteiger partial charge in [-0.1, -0.05) is 24.3 Å². The van der Waals surface area contributed by atoms with E-state index in [-0.39, 0.29) is 23.3 Å². The van der Waals surface area contributed by atoms with Crippen LogP contribution in [0.2, 0.25) is 0 Å². The summed E-state index contributed by atoms with van der Waals surface area (Å²) in [6, 6.07) is 13.2. The number of nitrogens with zero attached hydrogens (tertiary/aromatic N) is 5. The summed E-state index contributed by atoms with van der Waals surface area (Å²) in [6.45, 7) is 0. The standard InChI is InChI=1S/C17H13FN8O2/c18-10-6-2-3-7-11(10)21-16-9-5-1-4-8-12(9)25(24-16)17-22-14(19)13(26(27)28)15(20)23-17/h1-8H,(H,21,24)(H4,19,20,22,23). The fourth-order valence-electron chi connectivity index (χ4n) is 2.76. The molecule has 10 nitrogen and oxygen atoms in total. The maximum absolute atomic E-state index is 14.0. The number of nitrogens with two attached hydrogens (primary N) is 2. The number of nitrogen functional groups attached to an aromatic ring is 2. The second kappa shape index (κ2) is 6.46. The van der Waals surface area contributed by atoms with Crippen molar-refractivity contribution in [2.75, 3.05) is 16.8 Å². The van der Waals surface area contributed by atoms with Crippen LogP contribution in [0.1, 0.15) is 0 Å². The van der Waals surface area contributed by atoms with Gasteiger partial charge in [0, 0.05) is 5.39 Å². The number of halogens is 1. The van der Waals surface area contributed by atoms with Crippen molar-refractivity contribution in [1.29, 1.82) is 0 Å². The van der Waals surface area contributed by atoms with Crippen LogP contribution in [0.25, 0.3) is 16.9 Å². The number of nitrogens with one attached hydrogen (secondary N) is 1. The Bertz CT molecular complexity index is 1200. The van der Waals surface area contributed by atoms with Gasteiger partial charge in [0.05, 0.1) is 16.1 Å². The summed E-state index contributed by atoms with van der Waals surface area (Å²) in [5, 5.41) is 19.0. The molecule has 0 spiro atoms. The largest absolute Gasteiger partial charge is 0.378 e. The average molecular weight is 380 g/mol. The molecule has 0 bridgehead atoms. The van der Waals surface area contributed by atoms with Gasteiger partial charge >= 0.3 is 5.69 Å². The molecule has 5 N–H and O–H groups in total. The van der Waals surface area contributed by atoms with Crippen LogP contribution in [-0.2, 0) is 0 Å². The van der Waals surface area contributed by atoms with Crippen molar-refractivity contribution in [2.45, 2.75) is 0 Å². The van der Waals surface area contributed by atoms with Crippen molar-refractivity contribution in [1.82, 2.24) is 19.7 Å². The first-order valence-corrected chi connectivity index (χ1v) is 8.03. The lowest BCUT2D eigenvalue weighted by atomic mass is 10.2. The molecule has 2 aromatic carbocycles. The second-order valence-electron chi connectivity index (χ2n) is 5.78. The molecule has 0 radical (unpaired) electrons. The summed E-state index contributed by atoms with van der Waals surface area (Å²) in [7, 11) is 0. The molecule has 11 heteroatoms. The molecule has 0 aliphatic rings. The van der Waals surface area contributed by atoms with Gasteiger partial charge < -0.3 is 16.8 Å². The Morgan fingerprint density at radius 2 is 1.68 bits per heavy atom. The first-order valence-electron chi connectivity index (χ1n) is 8.03. The molecule has 2 heterocycles. The minimum atomic E-state index is -0.749. The fraction of sp³-hybridized carbons (Fsp3) is 0. The second-order valence-corrected chi connectivity index (χ2v) is 5.78. The van der Waals surface area contributed by atoms with E-state index in [9.17, 15) is 14.5 Å². The van der Waals surface area contributed by atoms with Crippen molar-refractivity contribution in [3.63, 3.8) is 0 Å². The molecule has 0 saturated carbocycles. The molecular formula is C17H13FN8O2. The molecule has 28 heavy (non-hydrogen) atoms. The number of fused-ring (bicyclic) bond motifs is 1. The van der Waals surface area contributed by atoms with Crippen LogP contribution < -0.4 is 16.8 Å². The minimum Gasteiger partial charge on any atom is -0.378 e. The summed E-state index contributed by atoms with van der Waals surface area (Å²) in [5.74, 6) is -0.897. The highest BCUT2D eigenvalue weighted by atomic mass is 19.1. The SMILES string of the molecule is Nc1nc(-n2nc(Nc3ccccc3F)c3ccccc32)nc(N)c1[N+](=O)[O-]. The number of aromatic nitrogens is 4. The van der Waals surface area contributed by atoms with Gasteiger partial charge in [-0.2, -0.15) is 14.6 Å². The number of hydrogen-bond acceptors (Lipinski definition) is 8. The predicted molar refractivity (Wildman–Crippen MR) is 102 cm³/mol. The van der Waals surface area contributed by atoms with E-state index in [1.165, 1.54) is 10.7 Å². The first kappa shape index (κ1) is 17.1. The molecule has 0 aliphatic heterocycles.